The summed E-state index contributed by atoms with van der Waals surface area (Å²) in [6, 6.07) is 25.0. The predicted octanol–water partition coefficient (Wildman–Crippen LogP) is 8.54. The average Bonchev–Trinajstić information content (AvgIpc) is 3.80. The summed E-state index contributed by atoms with van der Waals surface area (Å²) in [6.07, 6.45) is -1.04. The highest BCUT2D eigenvalue weighted by molar-refractivity contribution is 5.97. The summed E-state index contributed by atoms with van der Waals surface area (Å²) in [6.45, 7) is 11.1. The maximum absolute atomic E-state index is 12.6. The first-order valence-electron chi connectivity index (χ1n) is 14.7. The van der Waals surface area contributed by atoms with Gasteiger partial charge in [0.2, 0.25) is 0 Å². The normalized spacial score (nSPS) is 12.9. The first kappa shape index (κ1) is 36.4. The van der Waals surface area contributed by atoms with E-state index < -0.39 is 17.5 Å². The van der Waals surface area contributed by atoms with Gasteiger partial charge in [0.05, 0.1) is 24.0 Å². The number of benzene rings is 3. The Bertz CT molecular complexity index is 1350. The van der Waals surface area contributed by atoms with Crippen molar-refractivity contribution in [1.29, 1.82) is 0 Å². The molecular weight excluding hydrogens is 566 g/mol. The second-order valence-corrected chi connectivity index (χ2v) is 10.9. The van der Waals surface area contributed by atoms with Crippen LogP contribution in [0.4, 0.5) is 23.2 Å². The Kier molecular flexibility index (Phi) is 14.5. The van der Waals surface area contributed by atoms with E-state index in [0.717, 1.165) is 24.1 Å². The molecule has 238 valence electrons. The summed E-state index contributed by atoms with van der Waals surface area (Å²) in [5.41, 5.74) is 11.2. The van der Waals surface area contributed by atoms with Crippen LogP contribution in [-0.4, -0.2) is 32.2 Å². The third-order valence-electron chi connectivity index (χ3n) is 6.99. The molecule has 0 aliphatic heterocycles. The minimum atomic E-state index is -4.57. The number of alkyl halides is 4. The molecule has 1 saturated carbocycles. The Morgan fingerprint density at radius 2 is 1.55 bits per heavy atom. The number of aryl methyl sites for hydroxylation is 2. The quantitative estimate of drug-likeness (QED) is 0.137. The predicted molar refractivity (Wildman–Crippen MR) is 173 cm³/mol. The minimum Gasteiger partial charge on any atom is -0.342 e. The minimum absolute atomic E-state index is 0.0912. The van der Waals surface area contributed by atoms with Crippen molar-refractivity contribution in [3.8, 4) is 0 Å². The van der Waals surface area contributed by atoms with Gasteiger partial charge in [-0.05, 0) is 81.0 Å². The number of likely N-dealkylation sites (N-methyl/N-ethyl adjacent to an activating group) is 1. The lowest BCUT2D eigenvalue weighted by Crippen LogP contribution is -2.24. The Morgan fingerprint density at radius 3 is 1.98 bits per heavy atom. The molecule has 4 rings (SSSR count). The highest BCUT2D eigenvalue weighted by Gasteiger charge is 2.31. The maximum Gasteiger partial charge on any atom is 0.415 e. The molecule has 1 aliphatic rings. The Balaban J connectivity index is 0.000000282. The molecule has 0 heterocycles. The third-order valence-corrected chi connectivity index (χ3v) is 6.99. The number of allylic oxidation sites excluding steroid dienone is 3. The van der Waals surface area contributed by atoms with Crippen molar-refractivity contribution in [3.63, 3.8) is 0 Å². The van der Waals surface area contributed by atoms with Gasteiger partial charge in [-0.1, -0.05) is 78.4 Å². The number of hydrogen-bond donors (Lipinski definition) is 2. The fraction of sp³-hybridized carbons (Fsp3) is 0.361. The molecule has 0 aromatic heterocycles. The van der Waals surface area contributed by atoms with E-state index in [9.17, 15) is 22.4 Å². The molecule has 0 radical (unpaired) electrons. The Morgan fingerprint density at radius 1 is 1.02 bits per heavy atom. The molecule has 1 fully saturated rings. The number of nitrogens with one attached hydrogen (secondary N) is 1. The van der Waals surface area contributed by atoms with Gasteiger partial charge in [-0.15, -0.1) is 0 Å². The first-order chi connectivity index (χ1) is 20.8. The molecule has 44 heavy (non-hydrogen) atoms. The number of Topliss-reactive ketones (excluding diaryl/α,β-unsaturated/α-hetero) is 1. The number of ketones is 1. The Hall–Kier alpha value is -3.75. The topological polar surface area (TPSA) is 58.4 Å². The van der Waals surface area contributed by atoms with E-state index in [1.165, 1.54) is 60.9 Å². The fourth-order valence-electron chi connectivity index (χ4n) is 4.45. The van der Waals surface area contributed by atoms with E-state index in [0.29, 0.717) is 18.3 Å². The van der Waals surface area contributed by atoms with E-state index in [2.05, 4.69) is 74.3 Å². The van der Waals surface area contributed by atoms with Crippen LogP contribution in [0.3, 0.4) is 0 Å². The van der Waals surface area contributed by atoms with Crippen LogP contribution in [0.25, 0.3) is 0 Å². The van der Waals surface area contributed by atoms with Crippen molar-refractivity contribution in [1.82, 2.24) is 5.32 Å². The molecule has 0 amide bonds. The smallest absolute Gasteiger partial charge is 0.342 e. The number of nitrogens with zero attached hydrogens (tertiary/aromatic N) is 1. The van der Waals surface area contributed by atoms with Crippen molar-refractivity contribution in [3.05, 3.63) is 125 Å². The zero-order chi connectivity index (χ0) is 32.9. The number of carbonyl (C=O) groups is 1. The van der Waals surface area contributed by atoms with E-state index >= 15 is 0 Å². The van der Waals surface area contributed by atoms with E-state index in [1.54, 1.807) is 24.3 Å². The van der Waals surface area contributed by atoms with Gasteiger partial charge in [0.15, 0.2) is 5.78 Å². The molecule has 3 aromatic carbocycles. The average molecular weight is 612 g/mol. The number of halogens is 4. The highest BCUT2D eigenvalue weighted by atomic mass is 19.4. The van der Waals surface area contributed by atoms with Gasteiger partial charge >= 0.3 is 6.18 Å². The molecule has 0 saturated heterocycles. The lowest BCUT2D eigenvalue weighted by atomic mass is 9.96. The van der Waals surface area contributed by atoms with Crippen LogP contribution < -0.4 is 16.0 Å². The fourth-order valence-corrected chi connectivity index (χ4v) is 4.45. The highest BCUT2D eigenvalue weighted by Crippen LogP contribution is 2.31. The number of carbonyl (C=O) groups excluding carboxylic acids is 1. The second kappa shape index (κ2) is 17.5. The molecule has 0 bridgehead atoms. The standard InChI is InChI=1S/C19H23N.C15H17F3N2O.C2H5F/c1-14-5-3-7-17(11-14)19(20-13-16-9-10-16)18-8-4-6-15(2)12-18;1-10(15(16,17)18)7-14(11(2)21)20(3)13-6-4-5-12(8-13)9-19;1-2-3/h3-8,11-12,16,19-20H,9-10,13H2,1-2H3;4-8H,1,9,19H2,2-3H3;2H2,1H3/b;14-7-;. The Labute approximate surface area is 259 Å². The van der Waals surface area contributed by atoms with Gasteiger partial charge in [-0.3, -0.25) is 9.18 Å². The molecule has 3 aromatic rings. The molecule has 3 N–H and O–H groups in total. The van der Waals surface area contributed by atoms with Crippen LogP contribution in [0.1, 0.15) is 60.5 Å². The molecule has 0 spiro atoms. The molecule has 0 unspecified atom stereocenters. The monoisotopic (exact) mass is 611 g/mol. The number of anilines is 1. The SMILES string of the molecule is C=C(/C=C(/C(C)=O)N(C)c1cccc(CN)c1)C(F)(F)F.CCF.Cc1cccc(C(NCC2CC2)c2cccc(C)c2)c1. The van der Waals surface area contributed by atoms with Gasteiger partial charge in [0, 0.05) is 26.2 Å². The van der Waals surface area contributed by atoms with Gasteiger partial charge in [-0.2, -0.15) is 13.2 Å². The summed E-state index contributed by atoms with van der Waals surface area (Å²) in [4.78, 5) is 13.0. The van der Waals surface area contributed by atoms with Crippen LogP contribution in [0.2, 0.25) is 0 Å². The zero-order valence-corrected chi connectivity index (χ0v) is 26.3. The molecule has 0 atom stereocenters. The third kappa shape index (κ3) is 12.1. The second-order valence-electron chi connectivity index (χ2n) is 10.9. The number of hydrogen-bond acceptors (Lipinski definition) is 4. The summed E-state index contributed by atoms with van der Waals surface area (Å²) < 4.78 is 48.0. The van der Waals surface area contributed by atoms with Crippen molar-refractivity contribution < 1.29 is 22.4 Å². The molecular formula is C36H45F4N3O. The van der Waals surface area contributed by atoms with Crippen molar-refractivity contribution in [2.45, 2.75) is 59.3 Å². The van der Waals surface area contributed by atoms with Gasteiger partial charge in [0.25, 0.3) is 0 Å². The van der Waals surface area contributed by atoms with E-state index in [4.69, 9.17) is 5.73 Å². The van der Waals surface area contributed by atoms with Crippen LogP contribution in [0.15, 0.2) is 96.7 Å². The van der Waals surface area contributed by atoms with Gasteiger partial charge in [-0.25, -0.2) is 0 Å². The van der Waals surface area contributed by atoms with Crippen LogP contribution in [0, 0.1) is 19.8 Å². The first-order valence-corrected chi connectivity index (χ1v) is 14.7. The maximum atomic E-state index is 12.6. The van der Waals surface area contributed by atoms with Crippen molar-refractivity contribution in [2.75, 3.05) is 25.2 Å². The summed E-state index contributed by atoms with van der Waals surface area (Å²) in [7, 11) is 1.52. The lowest BCUT2D eigenvalue weighted by molar-refractivity contribution is -0.113. The van der Waals surface area contributed by atoms with Crippen molar-refractivity contribution in [2.24, 2.45) is 11.7 Å². The largest absolute Gasteiger partial charge is 0.415 e. The molecule has 8 heteroatoms. The lowest BCUT2D eigenvalue weighted by Gasteiger charge is -2.22. The summed E-state index contributed by atoms with van der Waals surface area (Å²) >= 11 is 0. The molecule has 1 aliphatic carbocycles. The van der Waals surface area contributed by atoms with Crippen LogP contribution >= 0.6 is 0 Å². The van der Waals surface area contributed by atoms with Crippen LogP contribution in [-0.2, 0) is 11.3 Å². The van der Waals surface area contributed by atoms with E-state index in [1.807, 2.05) is 0 Å². The molecule has 4 nitrogen and oxygen atoms in total. The van der Waals surface area contributed by atoms with Crippen molar-refractivity contribution >= 4 is 11.5 Å². The summed E-state index contributed by atoms with van der Waals surface area (Å²) in [5, 5.41) is 3.77. The van der Waals surface area contributed by atoms with Gasteiger partial charge in [0.1, 0.15) is 0 Å². The van der Waals surface area contributed by atoms with E-state index in [-0.39, 0.29) is 12.4 Å². The van der Waals surface area contributed by atoms with Gasteiger partial charge < -0.3 is 16.0 Å². The summed E-state index contributed by atoms with van der Waals surface area (Å²) in [5.74, 6) is 0.410. The number of nitrogens with two attached hydrogens (primary N) is 1. The van der Waals surface area contributed by atoms with Crippen LogP contribution in [0.5, 0.6) is 0 Å². The zero-order valence-electron chi connectivity index (χ0n) is 26.3. The number of rotatable bonds is 10.